The fourth-order valence-corrected chi connectivity index (χ4v) is 3.85. The van der Waals surface area contributed by atoms with Crippen molar-refractivity contribution < 1.29 is 23.8 Å². The van der Waals surface area contributed by atoms with Crippen molar-refractivity contribution >= 4 is 22.7 Å². The third-order valence-corrected chi connectivity index (χ3v) is 5.66. The molecule has 0 aliphatic heterocycles. The van der Waals surface area contributed by atoms with Crippen LogP contribution in [0.4, 0.5) is 0 Å². The minimum Gasteiger partial charge on any atom is -0.493 e. The van der Waals surface area contributed by atoms with Gasteiger partial charge < -0.3 is 24.8 Å². The maximum Gasteiger partial charge on any atom is 0.252 e. The highest BCUT2D eigenvalue weighted by molar-refractivity contribution is 6.08. The second kappa shape index (κ2) is 11.2. The molecular formula is C28H27N3O5. The summed E-state index contributed by atoms with van der Waals surface area (Å²) in [6, 6.07) is 22.2. The van der Waals surface area contributed by atoms with Gasteiger partial charge in [0.1, 0.15) is 0 Å². The van der Waals surface area contributed by atoms with Gasteiger partial charge >= 0.3 is 0 Å². The number of nitrogens with zero attached hydrogens (tertiary/aromatic N) is 1. The Balaban J connectivity index is 1.60. The zero-order valence-electron chi connectivity index (χ0n) is 20.3. The lowest BCUT2D eigenvalue weighted by Gasteiger charge is -2.15. The summed E-state index contributed by atoms with van der Waals surface area (Å²) in [6.45, 7) is 0.237. The van der Waals surface area contributed by atoms with E-state index in [2.05, 4.69) is 10.6 Å². The van der Waals surface area contributed by atoms with E-state index in [1.165, 1.54) is 21.3 Å². The normalized spacial score (nSPS) is 10.5. The number of ether oxygens (including phenoxy) is 3. The summed E-state index contributed by atoms with van der Waals surface area (Å²) in [6.07, 6.45) is 0. The van der Waals surface area contributed by atoms with Crippen molar-refractivity contribution in [2.45, 2.75) is 6.54 Å². The Morgan fingerprint density at radius 2 is 1.47 bits per heavy atom. The van der Waals surface area contributed by atoms with Gasteiger partial charge in [0, 0.05) is 17.5 Å². The van der Waals surface area contributed by atoms with E-state index in [1.807, 2.05) is 54.6 Å². The summed E-state index contributed by atoms with van der Waals surface area (Å²) in [7, 11) is 4.61. The van der Waals surface area contributed by atoms with Crippen molar-refractivity contribution in [3.05, 3.63) is 83.9 Å². The van der Waals surface area contributed by atoms with Crippen molar-refractivity contribution in [2.24, 2.45) is 0 Å². The van der Waals surface area contributed by atoms with Crippen LogP contribution < -0.4 is 24.8 Å². The molecule has 36 heavy (non-hydrogen) atoms. The van der Waals surface area contributed by atoms with Crippen LogP contribution in [0.3, 0.4) is 0 Å². The number of methoxy groups -OCH3 is 3. The van der Waals surface area contributed by atoms with E-state index in [1.54, 1.807) is 18.2 Å². The number of amides is 2. The van der Waals surface area contributed by atoms with Crippen LogP contribution in [0.15, 0.2) is 72.8 Å². The quantitative estimate of drug-likeness (QED) is 0.372. The monoisotopic (exact) mass is 485 g/mol. The van der Waals surface area contributed by atoms with Gasteiger partial charge in [-0.15, -0.1) is 0 Å². The number of carbonyl (C=O) groups excluding carboxylic acids is 2. The zero-order chi connectivity index (χ0) is 25.5. The van der Waals surface area contributed by atoms with Crippen LogP contribution >= 0.6 is 0 Å². The number of rotatable bonds is 9. The van der Waals surface area contributed by atoms with Crippen molar-refractivity contribution in [3.63, 3.8) is 0 Å². The van der Waals surface area contributed by atoms with E-state index in [0.717, 1.165) is 5.56 Å². The Labute approximate surface area is 209 Å². The van der Waals surface area contributed by atoms with Crippen molar-refractivity contribution in [3.8, 4) is 28.5 Å². The molecule has 3 aromatic carbocycles. The van der Waals surface area contributed by atoms with E-state index >= 15 is 0 Å². The molecular weight excluding hydrogens is 458 g/mol. The Bertz CT molecular complexity index is 1360. The van der Waals surface area contributed by atoms with Crippen LogP contribution in [0.2, 0.25) is 0 Å². The highest BCUT2D eigenvalue weighted by Gasteiger charge is 2.18. The first-order chi connectivity index (χ1) is 17.5. The maximum absolute atomic E-state index is 13.2. The topological polar surface area (TPSA) is 98.8 Å². The predicted molar refractivity (Wildman–Crippen MR) is 137 cm³/mol. The van der Waals surface area contributed by atoms with Crippen LogP contribution in [-0.4, -0.2) is 44.7 Å². The molecule has 1 heterocycles. The maximum atomic E-state index is 13.2. The molecule has 0 aliphatic rings. The molecule has 8 nitrogen and oxygen atoms in total. The SMILES string of the molecule is COc1cc(-c2cc(C(=O)NCC(=O)NCc3ccccc3)c3ccccc3n2)cc(OC)c1OC. The summed E-state index contributed by atoms with van der Waals surface area (Å²) in [5.41, 5.74) is 3.26. The van der Waals surface area contributed by atoms with E-state index in [-0.39, 0.29) is 18.4 Å². The summed E-state index contributed by atoms with van der Waals surface area (Å²) in [4.78, 5) is 30.2. The zero-order valence-corrected chi connectivity index (χ0v) is 20.3. The molecule has 0 spiro atoms. The largest absolute Gasteiger partial charge is 0.493 e. The fourth-order valence-electron chi connectivity index (χ4n) is 3.85. The molecule has 4 rings (SSSR count). The molecule has 0 unspecified atom stereocenters. The van der Waals surface area contributed by atoms with Crippen LogP contribution in [0.5, 0.6) is 17.2 Å². The summed E-state index contributed by atoms with van der Waals surface area (Å²) in [5.74, 6) is 0.752. The molecule has 0 aliphatic carbocycles. The third kappa shape index (κ3) is 5.38. The molecule has 0 bridgehead atoms. The van der Waals surface area contributed by atoms with Gasteiger partial charge in [0.2, 0.25) is 11.7 Å². The second-order valence-corrected chi connectivity index (χ2v) is 7.93. The number of hydrogen-bond acceptors (Lipinski definition) is 6. The predicted octanol–water partition coefficient (Wildman–Crippen LogP) is 3.97. The standard InChI is InChI=1S/C28H27N3O5/c1-34-24-13-19(14-25(35-2)27(24)36-3)23-15-21(20-11-7-8-12-22(20)31-23)28(33)30-17-26(32)29-16-18-9-5-4-6-10-18/h4-15H,16-17H2,1-3H3,(H,29,32)(H,30,33). The summed E-state index contributed by atoms with van der Waals surface area (Å²) < 4.78 is 16.4. The number of hydrogen-bond donors (Lipinski definition) is 2. The summed E-state index contributed by atoms with van der Waals surface area (Å²) >= 11 is 0. The number of carbonyl (C=O) groups is 2. The van der Waals surface area contributed by atoms with Crippen LogP contribution in [0.1, 0.15) is 15.9 Å². The van der Waals surface area contributed by atoms with Gasteiger partial charge in [0.25, 0.3) is 5.91 Å². The first-order valence-corrected chi connectivity index (χ1v) is 11.3. The number of pyridine rings is 1. The molecule has 2 N–H and O–H groups in total. The summed E-state index contributed by atoms with van der Waals surface area (Å²) in [5, 5.41) is 6.21. The lowest BCUT2D eigenvalue weighted by Crippen LogP contribution is -2.36. The molecule has 0 atom stereocenters. The molecule has 2 amide bonds. The second-order valence-electron chi connectivity index (χ2n) is 7.93. The van der Waals surface area contributed by atoms with Crippen molar-refractivity contribution in [1.82, 2.24) is 15.6 Å². The van der Waals surface area contributed by atoms with Gasteiger partial charge in [-0.2, -0.15) is 0 Å². The van der Waals surface area contributed by atoms with Gasteiger partial charge in [-0.25, -0.2) is 4.98 Å². The van der Waals surface area contributed by atoms with Gasteiger partial charge in [0.15, 0.2) is 11.5 Å². The highest BCUT2D eigenvalue weighted by Crippen LogP contribution is 2.41. The van der Waals surface area contributed by atoms with Gasteiger partial charge in [-0.05, 0) is 29.8 Å². The number of nitrogens with one attached hydrogen (secondary N) is 2. The van der Waals surface area contributed by atoms with Crippen molar-refractivity contribution in [1.29, 1.82) is 0 Å². The van der Waals surface area contributed by atoms with Gasteiger partial charge in [-0.1, -0.05) is 48.5 Å². The average Bonchev–Trinajstić information content (AvgIpc) is 2.93. The number of aromatic nitrogens is 1. The van der Waals surface area contributed by atoms with E-state index in [9.17, 15) is 9.59 Å². The van der Waals surface area contributed by atoms with E-state index < -0.39 is 0 Å². The average molecular weight is 486 g/mol. The lowest BCUT2D eigenvalue weighted by atomic mass is 10.0. The van der Waals surface area contributed by atoms with Gasteiger partial charge in [-0.3, -0.25) is 9.59 Å². The minimum absolute atomic E-state index is 0.151. The Hall–Kier alpha value is -4.59. The van der Waals surface area contributed by atoms with Crippen molar-refractivity contribution in [2.75, 3.05) is 27.9 Å². The Morgan fingerprint density at radius 3 is 2.14 bits per heavy atom. The van der Waals surface area contributed by atoms with E-state index in [0.29, 0.717) is 51.5 Å². The minimum atomic E-state index is -0.378. The first kappa shape index (κ1) is 24.5. The number of para-hydroxylation sites is 1. The molecule has 8 heteroatoms. The molecule has 0 radical (unpaired) electrons. The smallest absolute Gasteiger partial charge is 0.252 e. The Morgan fingerprint density at radius 1 is 0.806 bits per heavy atom. The van der Waals surface area contributed by atoms with E-state index in [4.69, 9.17) is 19.2 Å². The molecule has 4 aromatic rings. The molecule has 0 saturated heterocycles. The van der Waals surface area contributed by atoms with Gasteiger partial charge in [0.05, 0.1) is 44.6 Å². The first-order valence-electron chi connectivity index (χ1n) is 11.3. The lowest BCUT2D eigenvalue weighted by molar-refractivity contribution is -0.120. The van der Waals surface area contributed by atoms with Crippen LogP contribution in [0.25, 0.3) is 22.2 Å². The molecule has 1 aromatic heterocycles. The molecule has 0 saturated carbocycles. The number of fused-ring (bicyclic) bond motifs is 1. The third-order valence-electron chi connectivity index (χ3n) is 5.66. The Kier molecular flexibility index (Phi) is 7.65. The molecule has 184 valence electrons. The van der Waals surface area contributed by atoms with Crippen LogP contribution in [-0.2, 0) is 11.3 Å². The number of benzene rings is 3. The van der Waals surface area contributed by atoms with Crippen LogP contribution in [0, 0.1) is 0 Å². The molecule has 0 fully saturated rings. The fraction of sp³-hybridized carbons (Fsp3) is 0.179. The highest BCUT2D eigenvalue weighted by atomic mass is 16.5.